The molecule has 1 heterocycles. The van der Waals surface area contributed by atoms with Gasteiger partial charge in [-0.3, -0.25) is 4.79 Å². The summed E-state index contributed by atoms with van der Waals surface area (Å²) in [7, 11) is 1.85. The molecule has 1 aromatic heterocycles. The molecule has 0 saturated heterocycles. The summed E-state index contributed by atoms with van der Waals surface area (Å²) in [6, 6.07) is 12.3. The molecule has 1 aromatic carbocycles. The van der Waals surface area contributed by atoms with Crippen LogP contribution in [0, 0.1) is 0 Å². The summed E-state index contributed by atoms with van der Waals surface area (Å²) in [4.78, 5) is 23.5. The number of rotatable bonds is 5. The van der Waals surface area contributed by atoms with Crippen LogP contribution in [0.1, 0.15) is 20.7 Å². The molecule has 1 amide bonds. The third-order valence-corrected chi connectivity index (χ3v) is 2.83. The Morgan fingerprint density at radius 2 is 1.81 bits per heavy atom. The van der Waals surface area contributed by atoms with E-state index in [1.165, 1.54) is 0 Å². The van der Waals surface area contributed by atoms with Gasteiger partial charge in [0.1, 0.15) is 19.2 Å². The molecule has 108 valence electrons. The van der Waals surface area contributed by atoms with Crippen molar-refractivity contribution in [1.29, 1.82) is 0 Å². The molecular weight excluding hydrogens is 268 g/mol. The number of aryl methyl sites for hydroxylation is 1. The van der Waals surface area contributed by atoms with E-state index in [-0.39, 0.29) is 19.1 Å². The van der Waals surface area contributed by atoms with Crippen molar-refractivity contribution in [3.63, 3.8) is 0 Å². The van der Waals surface area contributed by atoms with Crippen LogP contribution in [0.2, 0.25) is 0 Å². The van der Waals surface area contributed by atoms with Crippen LogP contribution in [0.4, 0.5) is 0 Å². The minimum atomic E-state index is -0.393. The van der Waals surface area contributed by atoms with Crippen LogP contribution in [0.3, 0.4) is 0 Å². The van der Waals surface area contributed by atoms with Gasteiger partial charge in [0.2, 0.25) is 0 Å². The maximum absolute atomic E-state index is 11.8. The largest absolute Gasteiger partial charge is 0.460 e. The molecular formula is C16H17N2O3+. The molecule has 0 aliphatic rings. The molecule has 0 unspecified atom stereocenters. The fourth-order valence-electron chi connectivity index (χ4n) is 1.79. The predicted octanol–water partition coefficient (Wildman–Crippen LogP) is 1.10. The second kappa shape index (κ2) is 7.19. The van der Waals surface area contributed by atoms with Gasteiger partial charge in [0, 0.05) is 6.07 Å². The molecule has 2 rings (SSSR count). The van der Waals surface area contributed by atoms with Crippen molar-refractivity contribution < 1.29 is 18.9 Å². The lowest BCUT2D eigenvalue weighted by molar-refractivity contribution is -0.671. The fourth-order valence-corrected chi connectivity index (χ4v) is 1.79. The van der Waals surface area contributed by atoms with Gasteiger partial charge < -0.3 is 10.1 Å². The normalized spacial score (nSPS) is 9.95. The number of esters is 1. The summed E-state index contributed by atoms with van der Waals surface area (Å²) in [6.45, 7) is 0.411. The first-order valence-corrected chi connectivity index (χ1v) is 6.62. The molecule has 0 aliphatic heterocycles. The van der Waals surface area contributed by atoms with Gasteiger partial charge in [0.05, 0.1) is 12.1 Å². The van der Waals surface area contributed by atoms with E-state index in [2.05, 4.69) is 5.32 Å². The molecule has 0 aliphatic carbocycles. The lowest BCUT2D eigenvalue weighted by atomic mass is 10.2. The minimum absolute atomic E-state index is 0.137. The third kappa shape index (κ3) is 4.42. The van der Waals surface area contributed by atoms with Gasteiger partial charge >= 0.3 is 5.97 Å². The molecule has 5 heteroatoms. The van der Waals surface area contributed by atoms with Crippen LogP contribution >= 0.6 is 0 Å². The number of hydrogen-bond donors (Lipinski definition) is 1. The van der Waals surface area contributed by atoms with E-state index in [1.807, 2.05) is 19.3 Å². The number of ether oxygens (including phenoxy) is 1. The zero-order valence-electron chi connectivity index (χ0n) is 11.8. The van der Waals surface area contributed by atoms with Crippen molar-refractivity contribution in [3.8, 4) is 0 Å². The van der Waals surface area contributed by atoms with E-state index in [1.54, 1.807) is 47.2 Å². The van der Waals surface area contributed by atoms with E-state index in [4.69, 9.17) is 4.74 Å². The molecule has 0 saturated carbocycles. The van der Waals surface area contributed by atoms with Crippen molar-refractivity contribution in [2.45, 2.75) is 0 Å². The number of carbonyl (C=O) groups excluding carboxylic acids is 2. The van der Waals surface area contributed by atoms with Crippen molar-refractivity contribution in [2.24, 2.45) is 7.05 Å². The molecule has 0 atom stereocenters. The number of carbonyl (C=O) groups is 2. The summed E-state index contributed by atoms with van der Waals surface area (Å²) in [5.41, 5.74) is 1.06. The fraction of sp³-hybridized carbons (Fsp3) is 0.188. The number of nitrogens with zero attached hydrogens (tertiary/aromatic N) is 1. The predicted molar refractivity (Wildman–Crippen MR) is 76.7 cm³/mol. The Bertz CT molecular complexity index is 626. The highest BCUT2D eigenvalue weighted by Crippen LogP contribution is 2.00. The number of aromatic nitrogens is 1. The van der Waals surface area contributed by atoms with Crippen molar-refractivity contribution in [3.05, 3.63) is 66.0 Å². The van der Waals surface area contributed by atoms with Crippen LogP contribution in [0.15, 0.2) is 54.9 Å². The van der Waals surface area contributed by atoms with Gasteiger partial charge in [0.15, 0.2) is 12.4 Å². The van der Waals surface area contributed by atoms with E-state index in [0.717, 1.165) is 0 Å². The maximum Gasteiger partial charge on any atom is 0.338 e. The number of nitrogens with one attached hydrogen (secondary N) is 1. The van der Waals surface area contributed by atoms with Crippen LogP contribution in [0.25, 0.3) is 0 Å². The highest BCUT2D eigenvalue weighted by molar-refractivity contribution is 5.93. The smallest absolute Gasteiger partial charge is 0.338 e. The Morgan fingerprint density at radius 1 is 1.10 bits per heavy atom. The van der Waals surface area contributed by atoms with Gasteiger partial charge in [0.25, 0.3) is 5.91 Å². The van der Waals surface area contributed by atoms with E-state index in [0.29, 0.717) is 11.1 Å². The van der Waals surface area contributed by atoms with Gasteiger partial charge in [-0.2, -0.15) is 0 Å². The van der Waals surface area contributed by atoms with Crippen molar-refractivity contribution in [2.75, 3.05) is 13.2 Å². The molecule has 21 heavy (non-hydrogen) atoms. The zero-order valence-corrected chi connectivity index (χ0v) is 11.8. The summed E-state index contributed by atoms with van der Waals surface area (Å²) in [6.07, 6.45) is 3.57. The van der Waals surface area contributed by atoms with Gasteiger partial charge in [-0.25, -0.2) is 9.36 Å². The Morgan fingerprint density at radius 3 is 2.52 bits per heavy atom. The second-order valence-electron chi connectivity index (χ2n) is 4.52. The quantitative estimate of drug-likeness (QED) is 0.508. The Kier molecular flexibility index (Phi) is 5.04. The van der Waals surface area contributed by atoms with E-state index >= 15 is 0 Å². The number of pyridine rings is 1. The van der Waals surface area contributed by atoms with Crippen LogP contribution in [-0.2, 0) is 11.8 Å². The molecule has 1 N–H and O–H groups in total. The number of amides is 1. The first kappa shape index (κ1) is 14.7. The molecule has 5 nitrogen and oxygen atoms in total. The molecule has 0 spiro atoms. The summed E-state index contributed by atoms with van der Waals surface area (Å²) in [5, 5.41) is 2.70. The standard InChI is InChI=1S/C16H16N2O3/c1-18-10-5-8-14(12-18)15(19)17-9-11-21-16(20)13-6-3-2-4-7-13/h2-8,10,12H,9,11H2,1H3/p+1. The average Bonchev–Trinajstić information content (AvgIpc) is 2.52. The topological polar surface area (TPSA) is 59.3 Å². The lowest BCUT2D eigenvalue weighted by Crippen LogP contribution is -2.32. The van der Waals surface area contributed by atoms with E-state index in [9.17, 15) is 9.59 Å². The lowest BCUT2D eigenvalue weighted by Gasteiger charge is -2.06. The molecule has 0 fully saturated rings. The first-order valence-electron chi connectivity index (χ1n) is 6.62. The Labute approximate surface area is 123 Å². The van der Waals surface area contributed by atoms with Gasteiger partial charge in [-0.15, -0.1) is 0 Å². The summed E-state index contributed by atoms with van der Waals surface area (Å²) in [5.74, 6) is -0.585. The number of hydrogen-bond acceptors (Lipinski definition) is 3. The van der Waals surface area contributed by atoms with Crippen LogP contribution < -0.4 is 9.88 Å². The average molecular weight is 285 g/mol. The highest BCUT2D eigenvalue weighted by atomic mass is 16.5. The number of benzene rings is 1. The zero-order chi connectivity index (χ0) is 15.1. The van der Waals surface area contributed by atoms with Crippen molar-refractivity contribution >= 4 is 11.9 Å². The first-order chi connectivity index (χ1) is 10.2. The Hall–Kier alpha value is -2.69. The minimum Gasteiger partial charge on any atom is -0.460 e. The molecule has 0 radical (unpaired) electrons. The maximum atomic E-state index is 11.8. The van der Waals surface area contributed by atoms with Crippen LogP contribution in [-0.4, -0.2) is 25.0 Å². The monoisotopic (exact) mass is 285 g/mol. The SMILES string of the molecule is C[n+]1cccc(C(=O)NCCOC(=O)c2ccccc2)c1. The summed E-state index contributed by atoms with van der Waals surface area (Å²) < 4.78 is 6.88. The van der Waals surface area contributed by atoms with Crippen LogP contribution in [0.5, 0.6) is 0 Å². The third-order valence-electron chi connectivity index (χ3n) is 2.83. The van der Waals surface area contributed by atoms with Gasteiger partial charge in [-0.1, -0.05) is 18.2 Å². The van der Waals surface area contributed by atoms with Crippen molar-refractivity contribution in [1.82, 2.24) is 5.32 Å². The summed E-state index contributed by atoms with van der Waals surface area (Å²) >= 11 is 0. The second-order valence-corrected chi connectivity index (χ2v) is 4.52. The highest BCUT2D eigenvalue weighted by Gasteiger charge is 2.09. The van der Waals surface area contributed by atoms with E-state index < -0.39 is 5.97 Å². The Balaban J connectivity index is 1.75. The molecule has 0 bridgehead atoms. The van der Waals surface area contributed by atoms with Gasteiger partial charge in [-0.05, 0) is 18.2 Å². The molecule has 2 aromatic rings.